The molecule has 442 valence electrons. The molecule has 2 saturated carbocycles. The highest BCUT2D eigenvalue weighted by Crippen LogP contribution is 2.38. The van der Waals surface area contributed by atoms with E-state index in [1.54, 1.807) is 35.2 Å². The number of aliphatic hydroxyl groups excluding tert-OH is 8. The number of likely N-dealkylation sites (tertiary alicyclic amines) is 1. The number of nitrogens with one attached hydrogen (secondary N) is 3. The summed E-state index contributed by atoms with van der Waals surface area (Å²) in [5.74, 6) is -2.93. The van der Waals surface area contributed by atoms with Crippen LogP contribution in [0.25, 0.3) is 11.0 Å². The molecular weight excluding hydrogens is 1040 g/mol. The van der Waals surface area contributed by atoms with Gasteiger partial charge in [-0.3, -0.25) is 19.2 Å². The van der Waals surface area contributed by atoms with Gasteiger partial charge in [0.1, 0.15) is 84.9 Å². The lowest BCUT2D eigenvalue weighted by Gasteiger charge is -2.49. The number of para-hydroxylation sites is 1. The number of hydrogen-bond acceptors (Lipinski definition) is 22. The second kappa shape index (κ2) is 27.6. The van der Waals surface area contributed by atoms with Crippen molar-refractivity contribution in [2.45, 2.75) is 202 Å². The molecule has 1 aromatic carbocycles. The fourth-order valence-corrected chi connectivity index (χ4v) is 11.5. The summed E-state index contributed by atoms with van der Waals surface area (Å²) in [7, 11) is 0. The van der Waals surface area contributed by atoms with Crippen molar-refractivity contribution in [3.63, 3.8) is 0 Å². The van der Waals surface area contributed by atoms with Crippen molar-refractivity contribution in [1.29, 1.82) is 0 Å². The minimum atomic E-state index is -1.82. The normalized spacial score (nSPS) is 36.7. The van der Waals surface area contributed by atoms with Crippen molar-refractivity contribution < 1.29 is 102 Å². The van der Waals surface area contributed by atoms with Crippen LogP contribution in [0.1, 0.15) is 84.1 Å². The molecule has 0 bridgehead atoms. The zero-order valence-electron chi connectivity index (χ0n) is 44.6. The smallest absolute Gasteiger partial charge is 0.341 e. The fourth-order valence-electron chi connectivity index (χ4n) is 11.5. The van der Waals surface area contributed by atoms with Crippen LogP contribution in [-0.4, -0.2) is 225 Å². The highest BCUT2D eigenvalue weighted by molar-refractivity contribution is 5.82. The van der Waals surface area contributed by atoms with Crippen molar-refractivity contribution in [2.24, 2.45) is 11.8 Å². The van der Waals surface area contributed by atoms with Crippen LogP contribution in [0, 0.1) is 11.8 Å². The first-order valence-corrected chi connectivity index (χ1v) is 27.4. The molecule has 4 saturated heterocycles. The van der Waals surface area contributed by atoms with Crippen LogP contribution in [0.15, 0.2) is 39.5 Å². The van der Waals surface area contributed by atoms with Crippen LogP contribution in [0.2, 0.25) is 0 Å². The van der Waals surface area contributed by atoms with Gasteiger partial charge < -0.3 is 104 Å². The van der Waals surface area contributed by atoms with E-state index in [9.17, 15) is 64.8 Å². The van der Waals surface area contributed by atoms with Crippen LogP contribution < -0.4 is 21.6 Å². The Morgan fingerprint density at radius 3 is 2.09 bits per heavy atom. The molecular formula is C53H78N4O22. The van der Waals surface area contributed by atoms with Gasteiger partial charge in [0.15, 0.2) is 18.9 Å². The van der Waals surface area contributed by atoms with Crippen molar-refractivity contribution >= 4 is 34.6 Å². The van der Waals surface area contributed by atoms with E-state index in [1.165, 1.54) is 20.8 Å². The first kappa shape index (κ1) is 60.8. The predicted octanol–water partition coefficient (Wildman–Crippen LogP) is -2.70. The number of ether oxygens (including phenoxy) is 8. The average molecular weight is 1120 g/mol. The van der Waals surface area contributed by atoms with Gasteiger partial charge in [-0.25, -0.2) is 4.79 Å². The van der Waals surface area contributed by atoms with Crippen molar-refractivity contribution in [3.05, 3.63) is 46.3 Å². The summed E-state index contributed by atoms with van der Waals surface area (Å²) in [6.07, 6.45) is -19.4. The van der Waals surface area contributed by atoms with Crippen LogP contribution in [0.4, 0.5) is 0 Å². The van der Waals surface area contributed by atoms with E-state index in [-0.39, 0.29) is 50.0 Å². The Bertz CT molecular complexity index is 2410. The lowest BCUT2D eigenvalue weighted by Crippen LogP contribution is -2.68. The summed E-state index contributed by atoms with van der Waals surface area (Å²) in [6.45, 7) is 2.55. The minimum Gasteiger partial charge on any atom is -0.422 e. The summed E-state index contributed by atoms with van der Waals surface area (Å²) >= 11 is 0. The molecule has 5 heterocycles. The van der Waals surface area contributed by atoms with E-state index < -0.39 is 159 Å². The number of benzene rings is 1. The molecule has 2 aliphatic carbocycles. The maximum Gasteiger partial charge on any atom is 0.341 e. The molecule has 26 heteroatoms. The summed E-state index contributed by atoms with van der Waals surface area (Å²) in [5, 5.41) is 96.2. The largest absolute Gasteiger partial charge is 0.422 e. The number of rotatable bonds is 21. The Hall–Kier alpha value is -4.33. The number of fused-ring (bicyclic) bond motifs is 1. The standard InChI is InChI=1S/C53H78N4O22/c1-25-39(62)42(65)43(66)53(73-25)79-45-32(55-26(2)60)20-30(48(68)54-14-17-71-52-44(67)47(41(64)37(23-59)78-52)72-24-31-19-29-12-7-8-13-33(29)75-50(31)70)21-34(45)76-51-38(56-27(3)61)46(40(63)36(22-58)77-51)74-35(49(69)57-15-9-16-57)18-28-10-5-4-6-11-28/h7-8,12-13,19,25,28,30,32,34-47,51-53,58-59,62-67H,4-6,9-11,14-18,20-24H2,1-3H3,(H,54,68)(H,55,60)(H,56,61)/t25?,30?,32?,34-,35+,36?,37?,38?,39-,40+,41-,42?,43?,44?,45?,46?,47?,51-,52+,53+/m1/s1. The molecule has 1 aromatic heterocycles. The van der Waals surface area contributed by atoms with E-state index in [2.05, 4.69) is 16.0 Å². The van der Waals surface area contributed by atoms with Gasteiger partial charge in [0.2, 0.25) is 17.7 Å². The number of aliphatic hydroxyl groups is 8. The average Bonchev–Trinajstić information content (AvgIpc) is 3.46. The summed E-state index contributed by atoms with van der Waals surface area (Å²) in [5.41, 5.74) is -0.244. The molecule has 12 unspecified atom stereocenters. The Balaban J connectivity index is 1.00. The second-order valence-electron chi connectivity index (χ2n) is 21.6. The third kappa shape index (κ3) is 14.7. The van der Waals surface area contributed by atoms with Gasteiger partial charge in [-0.05, 0) is 50.7 Å². The van der Waals surface area contributed by atoms with Crippen LogP contribution in [0.5, 0.6) is 0 Å². The lowest BCUT2D eigenvalue weighted by atomic mass is 9.80. The molecule has 11 N–H and O–H groups in total. The van der Waals surface area contributed by atoms with E-state index in [4.69, 9.17) is 42.3 Å². The molecule has 0 spiro atoms. The highest BCUT2D eigenvalue weighted by Gasteiger charge is 2.54. The number of amides is 4. The van der Waals surface area contributed by atoms with E-state index in [0.717, 1.165) is 38.5 Å². The zero-order chi connectivity index (χ0) is 56.7. The molecule has 2 aromatic rings. The molecule has 20 atom stereocenters. The van der Waals surface area contributed by atoms with E-state index >= 15 is 0 Å². The first-order chi connectivity index (χ1) is 37.8. The van der Waals surface area contributed by atoms with Crippen molar-refractivity contribution in [1.82, 2.24) is 20.9 Å². The third-order valence-corrected chi connectivity index (χ3v) is 15.9. The molecule has 8 rings (SSSR count). The molecule has 0 radical (unpaired) electrons. The highest BCUT2D eigenvalue weighted by atomic mass is 16.7. The quantitative estimate of drug-likeness (QED) is 0.0448. The number of nitrogens with zero attached hydrogens (tertiary/aromatic N) is 1. The van der Waals surface area contributed by atoms with Gasteiger partial charge >= 0.3 is 5.63 Å². The Labute approximate surface area is 455 Å². The number of carbonyl (C=O) groups is 4. The van der Waals surface area contributed by atoms with Crippen molar-refractivity contribution in [2.75, 3.05) is 39.5 Å². The molecule has 79 heavy (non-hydrogen) atoms. The zero-order valence-corrected chi connectivity index (χ0v) is 44.6. The maximum absolute atomic E-state index is 14.3. The third-order valence-electron chi connectivity index (χ3n) is 15.9. The molecule has 4 amide bonds. The van der Waals surface area contributed by atoms with Gasteiger partial charge in [0.25, 0.3) is 5.91 Å². The van der Waals surface area contributed by atoms with Gasteiger partial charge in [-0.1, -0.05) is 50.3 Å². The monoisotopic (exact) mass is 1120 g/mol. The Kier molecular flexibility index (Phi) is 21.2. The second-order valence-corrected chi connectivity index (χ2v) is 21.6. The molecule has 26 nitrogen and oxygen atoms in total. The minimum absolute atomic E-state index is 0.0986. The Morgan fingerprint density at radius 1 is 0.734 bits per heavy atom. The van der Waals surface area contributed by atoms with Crippen LogP contribution in [-0.2, 0) is 63.7 Å². The molecule has 4 aliphatic heterocycles. The molecule has 6 fully saturated rings. The lowest BCUT2D eigenvalue weighted by molar-refractivity contribution is -0.335. The van der Waals surface area contributed by atoms with Gasteiger partial charge in [0, 0.05) is 44.8 Å². The summed E-state index contributed by atoms with van der Waals surface area (Å²) in [6, 6.07) is 5.88. The van der Waals surface area contributed by atoms with Crippen LogP contribution in [0.3, 0.4) is 0 Å². The SMILES string of the molecule is CC(=O)NC1CC(C(=O)NCCO[C@H]2OC(CO)[C@@H](O)C(OCc3cc4ccccc4oc3=O)C2O)C[C@@H](O[C@@H]2OC(CO)[C@H](O)C(O[C@@H](CC3CCCCC3)C(=O)N3CCC3)C2NC(C)=O)C1O[C@@H]1OC(C)[C@@H](O)C(O)C1O. The van der Waals surface area contributed by atoms with E-state index in [0.29, 0.717) is 30.5 Å². The maximum atomic E-state index is 14.3. The Morgan fingerprint density at radius 2 is 1.42 bits per heavy atom. The van der Waals surface area contributed by atoms with Gasteiger partial charge in [-0.15, -0.1) is 0 Å². The van der Waals surface area contributed by atoms with Crippen LogP contribution >= 0.6 is 0 Å². The predicted molar refractivity (Wildman–Crippen MR) is 271 cm³/mol. The number of hydrogen-bond donors (Lipinski definition) is 11. The van der Waals surface area contributed by atoms with Gasteiger partial charge in [-0.2, -0.15) is 0 Å². The number of carbonyl (C=O) groups excluding carboxylic acids is 4. The summed E-state index contributed by atoms with van der Waals surface area (Å²) in [4.78, 5) is 68.8. The van der Waals surface area contributed by atoms with Crippen molar-refractivity contribution in [3.8, 4) is 0 Å². The molecule has 6 aliphatic rings. The topological polar surface area (TPSA) is 374 Å². The summed E-state index contributed by atoms with van der Waals surface area (Å²) < 4.78 is 54.5. The fraction of sp³-hybridized carbons (Fsp3) is 0.755. The van der Waals surface area contributed by atoms with E-state index in [1.807, 2.05) is 0 Å². The first-order valence-electron chi connectivity index (χ1n) is 27.4. The van der Waals surface area contributed by atoms with Gasteiger partial charge in [0.05, 0.1) is 50.2 Å².